The first kappa shape index (κ1) is 12.6. The molecule has 92 valence electrons. The summed E-state index contributed by atoms with van der Waals surface area (Å²) < 4.78 is 1.05. The van der Waals surface area contributed by atoms with Crippen molar-refractivity contribution in [1.82, 2.24) is 10.2 Å². The van der Waals surface area contributed by atoms with Crippen LogP contribution in [-0.2, 0) is 11.3 Å². The minimum Gasteiger partial charge on any atom is -0.340 e. The number of carbonyl (C=O) groups is 1. The van der Waals surface area contributed by atoms with E-state index >= 15 is 0 Å². The highest BCUT2D eigenvalue weighted by Crippen LogP contribution is 2.18. The molecule has 1 fully saturated rings. The average Bonchev–Trinajstić information content (AvgIpc) is 3.09. The van der Waals surface area contributed by atoms with Crippen LogP contribution in [0.15, 0.2) is 28.7 Å². The third-order valence-corrected chi connectivity index (χ3v) is 3.35. The quantitative estimate of drug-likeness (QED) is 0.903. The highest BCUT2D eigenvalue weighted by atomic mass is 79.9. The average molecular weight is 297 g/mol. The van der Waals surface area contributed by atoms with Gasteiger partial charge in [0.25, 0.3) is 0 Å². The number of amides is 1. The van der Waals surface area contributed by atoms with E-state index < -0.39 is 0 Å². The lowest BCUT2D eigenvalue weighted by atomic mass is 10.2. The number of halogens is 1. The third kappa shape index (κ3) is 4.13. The number of likely N-dealkylation sites (N-methyl/N-ethyl adjacent to an activating group) is 1. The minimum atomic E-state index is 0.150. The predicted octanol–water partition coefficient (Wildman–Crippen LogP) is 2.16. The standard InChI is InChI=1S/C13H17BrN2O/c1-16(13(17)8-15-12-5-6-12)9-10-3-2-4-11(14)7-10/h2-4,7,12,15H,5-6,8-9H2,1H3. The van der Waals surface area contributed by atoms with E-state index in [9.17, 15) is 4.79 Å². The second-order valence-corrected chi connectivity index (χ2v) is 5.45. The Morgan fingerprint density at radius 2 is 2.29 bits per heavy atom. The second-order valence-electron chi connectivity index (χ2n) is 4.53. The molecule has 0 radical (unpaired) electrons. The molecular weight excluding hydrogens is 280 g/mol. The molecule has 1 aromatic rings. The molecule has 2 rings (SSSR count). The van der Waals surface area contributed by atoms with Crippen LogP contribution in [0.2, 0.25) is 0 Å². The summed E-state index contributed by atoms with van der Waals surface area (Å²) in [7, 11) is 1.85. The Bertz CT molecular complexity index is 404. The van der Waals surface area contributed by atoms with Gasteiger partial charge in [0.1, 0.15) is 0 Å². The normalized spacial score (nSPS) is 14.7. The lowest BCUT2D eigenvalue weighted by Crippen LogP contribution is -2.35. The smallest absolute Gasteiger partial charge is 0.236 e. The highest BCUT2D eigenvalue weighted by Gasteiger charge is 2.21. The van der Waals surface area contributed by atoms with E-state index in [0.29, 0.717) is 19.1 Å². The van der Waals surface area contributed by atoms with Crippen molar-refractivity contribution in [2.75, 3.05) is 13.6 Å². The van der Waals surface area contributed by atoms with Crippen LogP contribution in [0.1, 0.15) is 18.4 Å². The van der Waals surface area contributed by atoms with Crippen molar-refractivity contribution in [2.24, 2.45) is 0 Å². The van der Waals surface area contributed by atoms with Crippen LogP contribution in [0.4, 0.5) is 0 Å². The van der Waals surface area contributed by atoms with Crippen molar-refractivity contribution in [1.29, 1.82) is 0 Å². The van der Waals surface area contributed by atoms with E-state index in [1.807, 2.05) is 31.3 Å². The van der Waals surface area contributed by atoms with Crippen LogP contribution >= 0.6 is 15.9 Å². The largest absolute Gasteiger partial charge is 0.340 e. The van der Waals surface area contributed by atoms with Gasteiger partial charge in [-0.3, -0.25) is 4.79 Å². The molecule has 0 heterocycles. The maximum absolute atomic E-state index is 11.8. The molecule has 1 aromatic carbocycles. The molecule has 0 bridgehead atoms. The van der Waals surface area contributed by atoms with Crippen LogP contribution in [0, 0.1) is 0 Å². The van der Waals surface area contributed by atoms with E-state index in [0.717, 1.165) is 10.0 Å². The molecule has 1 amide bonds. The maximum Gasteiger partial charge on any atom is 0.236 e. The van der Waals surface area contributed by atoms with Gasteiger partial charge in [-0.25, -0.2) is 0 Å². The summed E-state index contributed by atoms with van der Waals surface area (Å²) in [6, 6.07) is 8.62. The van der Waals surface area contributed by atoms with Gasteiger partial charge in [-0.1, -0.05) is 28.1 Å². The van der Waals surface area contributed by atoms with E-state index in [1.54, 1.807) is 4.90 Å². The Morgan fingerprint density at radius 1 is 1.53 bits per heavy atom. The van der Waals surface area contributed by atoms with Crippen molar-refractivity contribution in [3.63, 3.8) is 0 Å². The van der Waals surface area contributed by atoms with Gasteiger partial charge in [0, 0.05) is 24.1 Å². The molecule has 0 saturated heterocycles. The lowest BCUT2D eigenvalue weighted by molar-refractivity contribution is -0.129. The number of nitrogens with zero attached hydrogens (tertiary/aromatic N) is 1. The molecule has 0 spiro atoms. The van der Waals surface area contributed by atoms with Crippen LogP contribution in [0.3, 0.4) is 0 Å². The Kier molecular flexibility index (Phi) is 4.18. The summed E-state index contributed by atoms with van der Waals surface area (Å²) in [6.45, 7) is 1.11. The van der Waals surface area contributed by atoms with Crippen LogP contribution in [0.5, 0.6) is 0 Å². The Balaban J connectivity index is 1.82. The Hall–Kier alpha value is -0.870. The van der Waals surface area contributed by atoms with Gasteiger partial charge in [0.2, 0.25) is 5.91 Å². The first-order valence-corrected chi connectivity index (χ1v) is 6.66. The molecule has 4 heteroatoms. The fourth-order valence-corrected chi connectivity index (χ4v) is 2.10. The summed E-state index contributed by atoms with van der Waals surface area (Å²) in [5, 5.41) is 3.23. The van der Waals surface area contributed by atoms with Gasteiger partial charge in [-0.15, -0.1) is 0 Å². The first-order chi connectivity index (χ1) is 8.15. The lowest BCUT2D eigenvalue weighted by Gasteiger charge is -2.17. The van der Waals surface area contributed by atoms with Crippen molar-refractivity contribution < 1.29 is 4.79 Å². The van der Waals surface area contributed by atoms with E-state index in [4.69, 9.17) is 0 Å². The fourth-order valence-electron chi connectivity index (χ4n) is 1.65. The molecule has 0 unspecified atom stereocenters. The molecule has 1 aliphatic carbocycles. The SMILES string of the molecule is CN(Cc1cccc(Br)c1)C(=O)CNC1CC1. The molecule has 1 aliphatic rings. The van der Waals surface area contributed by atoms with Crippen molar-refractivity contribution in [3.8, 4) is 0 Å². The molecule has 1 saturated carbocycles. The zero-order valence-electron chi connectivity index (χ0n) is 9.95. The van der Waals surface area contributed by atoms with Crippen LogP contribution < -0.4 is 5.32 Å². The first-order valence-electron chi connectivity index (χ1n) is 5.87. The summed E-state index contributed by atoms with van der Waals surface area (Å²) in [4.78, 5) is 13.6. The number of hydrogen-bond donors (Lipinski definition) is 1. The fraction of sp³-hybridized carbons (Fsp3) is 0.462. The zero-order chi connectivity index (χ0) is 12.3. The molecule has 0 atom stereocenters. The molecule has 1 N–H and O–H groups in total. The van der Waals surface area contributed by atoms with E-state index in [1.165, 1.54) is 12.8 Å². The number of hydrogen-bond acceptors (Lipinski definition) is 2. The molecule has 0 aliphatic heterocycles. The van der Waals surface area contributed by atoms with Gasteiger partial charge in [-0.05, 0) is 30.5 Å². The van der Waals surface area contributed by atoms with Crippen molar-refractivity contribution in [2.45, 2.75) is 25.4 Å². The monoisotopic (exact) mass is 296 g/mol. The third-order valence-electron chi connectivity index (χ3n) is 2.85. The maximum atomic E-state index is 11.8. The van der Waals surface area contributed by atoms with Gasteiger partial charge in [0.05, 0.1) is 6.54 Å². The molecular formula is C13H17BrN2O. The molecule has 17 heavy (non-hydrogen) atoms. The van der Waals surface area contributed by atoms with E-state index in [-0.39, 0.29) is 5.91 Å². The van der Waals surface area contributed by atoms with Gasteiger partial charge < -0.3 is 10.2 Å². The van der Waals surface area contributed by atoms with Crippen LogP contribution in [0.25, 0.3) is 0 Å². The highest BCUT2D eigenvalue weighted by molar-refractivity contribution is 9.10. The van der Waals surface area contributed by atoms with Gasteiger partial charge >= 0.3 is 0 Å². The molecule has 0 aromatic heterocycles. The summed E-state index contributed by atoms with van der Waals surface area (Å²) >= 11 is 3.43. The van der Waals surface area contributed by atoms with Crippen molar-refractivity contribution >= 4 is 21.8 Å². The summed E-state index contributed by atoms with van der Waals surface area (Å²) in [5.41, 5.74) is 1.14. The minimum absolute atomic E-state index is 0.150. The number of rotatable bonds is 5. The van der Waals surface area contributed by atoms with Crippen molar-refractivity contribution in [3.05, 3.63) is 34.3 Å². The number of benzene rings is 1. The number of carbonyl (C=O) groups excluding carboxylic acids is 1. The molecule has 3 nitrogen and oxygen atoms in total. The van der Waals surface area contributed by atoms with Gasteiger partial charge in [-0.2, -0.15) is 0 Å². The topological polar surface area (TPSA) is 32.3 Å². The predicted molar refractivity (Wildman–Crippen MR) is 71.6 cm³/mol. The van der Waals surface area contributed by atoms with Crippen LogP contribution in [-0.4, -0.2) is 30.4 Å². The van der Waals surface area contributed by atoms with Gasteiger partial charge in [0.15, 0.2) is 0 Å². The Morgan fingerprint density at radius 3 is 2.94 bits per heavy atom. The summed E-state index contributed by atoms with van der Waals surface area (Å²) in [6.07, 6.45) is 2.42. The second kappa shape index (κ2) is 5.65. The summed E-state index contributed by atoms with van der Waals surface area (Å²) in [5.74, 6) is 0.150. The Labute approximate surface area is 110 Å². The number of nitrogens with one attached hydrogen (secondary N) is 1. The zero-order valence-corrected chi connectivity index (χ0v) is 11.5. The van der Waals surface area contributed by atoms with E-state index in [2.05, 4.69) is 21.2 Å².